The van der Waals surface area contributed by atoms with Gasteiger partial charge in [-0.05, 0) is 44.1 Å². The predicted molar refractivity (Wildman–Crippen MR) is 78.1 cm³/mol. The van der Waals surface area contributed by atoms with E-state index in [0.29, 0.717) is 6.61 Å². The summed E-state index contributed by atoms with van der Waals surface area (Å²) in [5.41, 5.74) is 0.750. The molecule has 1 fully saturated rings. The molecule has 2 rings (SSSR count). The lowest BCUT2D eigenvalue weighted by Crippen LogP contribution is -2.25. The van der Waals surface area contributed by atoms with Gasteiger partial charge >= 0.3 is 0 Å². The van der Waals surface area contributed by atoms with Crippen LogP contribution in [0.25, 0.3) is 0 Å². The summed E-state index contributed by atoms with van der Waals surface area (Å²) in [6, 6.07) is 5.55. The zero-order valence-corrected chi connectivity index (χ0v) is 11.9. The normalized spacial score (nSPS) is 14.7. The molecule has 0 bridgehead atoms. The van der Waals surface area contributed by atoms with Gasteiger partial charge in [-0.3, -0.25) is 4.90 Å². The topological polar surface area (TPSA) is 41.9 Å². The molecule has 0 aromatic heterocycles. The van der Waals surface area contributed by atoms with Gasteiger partial charge in [-0.2, -0.15) is 0 Å². The van der Waals surface area contributed by atoms with Crippen LogP contribution in [0.15, 0.2) is 18.2 Å². The van der Waals surface area contributed by atoms with Gasteiger partial charge in [-0.25, -0.2) is 0 Å². The SMILES string of the molecule is COc1ccc(OCCN2CCCC2)c(C#CCO)c1. The fourth-order valence-electron chi connectivity index (χ4n) is 2.29. The maximum Gasteiger partial charge on any atom is 0.135 e. The zero-order valence-electron chi connectivity index (χ0n) is 11.9. The Morgan fingerprint density at radius 1 is 1.30 bits per heavy atom. The van der Waals surface area contributed by atoms with Gasteiger partial charge in [0.1, 0.15) is 24.7 Å². The highest BCUT2D eigenvalue weighted by atomic mass is 16.5. The molecule has 1 aliphatic heterocycles. The summed E-state index contributed by atoms with van der Waals surface area (Å²) in [6.07, 6.45) is 2.57. The van der Waals surface area contributed by atoms with Crippen LogP contribution in [0.4, 0.5) is 0 Å². The lowest BCUT2D eigenvalue weighted by molar-refractivity contribution is 0.237. The maximum atomic E-state index is 8.81. The van der Waals surface area contributed by atoms with Crippen LogP contribution < -0.4 is 9.47 Å². The van der Waals surface area contributed by atoms with Crippen molar-refractivity contribution in [2.75, 3.05) is 40.0 Å². The number of hydrogen-bond donors (Lipinski definition) is 1. The molecule has 1 saturated heterocycles. The molecule has 0 spiro atoms. The summed E-state index contributed by atoms with van der Waals surface area (Å²) in [4.78, 5) is 2.41. The molecule has 1 heterocycles. The number of hydrogen-bond acceptors (Lipinski definition) is 4. The van der Waals surface area contributed by atoms with E-state index in [2.05, 4.69) is 16.7 Å². The van der Waals surface area contributed by atoms with E-state index in [-0.39, 0.29) is 6.61 Å². The zero-order chi connectivity index (χ0) is 14.2. The lowest BCUT2D eigenvalue weighted by Gasteiger charge is -2.15. The highest BCUT2D eigenvalue weighted by Gasteiger charge is 2.11. The third-order valence-corrected chi connectivity index (χ3v) is 3.35. The molecule has 1 aromatic carbocycles. The van der Waals surface area contributed by atoms with Gasteiger partial charge in [0.25, 0.3) is 0 Å². The first-order valence-corrected chi connectivity index (χ1v) is 6.96. The molecule has 1 aliphatic rings. The van der Waals surface area contributed by atoms with Crippen LogP contribution in [0.3, 0.4) is 0 Å². The van der Waals surface area contributed by atoms with Crippen LogP contribution in [0, 0.1) is 11.8 Å². The summed E-state index contributed by atoms with van der Waals surface area (Å²) in [7, 11) is 1.62. The minimum atomic E-state index is -0.162. The van der Waals surface area contributed by atoms with Crippen molar-refractivity contribution in [3.63, 3.8) is 0 Å². The second kappa shape index (κ2) is 7.78. The molecule has 20 heavy (non-hydrogen) atoms. The standard InChI is InChI=1S/C16H21NO3/c1-19-15-6-7-16(14(13-15)5-4-11-18)20-12-10-17-8-2-3-9-17/h6-7,13,18H,2-3,8-12H2,1H3. The summed E-state index contributed by atoms with van der Waals surface area (Å²) in [5.74, 6) is 7.02. The van der Waals surface area contributed by atoms with E-state index >= 15 is 0 Å². The number of rotatable bonds is 5. The molecule has 1 aromatic rings. The van der Waals surface area contributed by atoms with E-state index < -0.39 is 0 Å². The third-order valence-electron chi connectivity index (χ3n) is 3.35. The molecule has 1 N–H and O–H groups in total. The highest BCUT2D eigenvalue weighted by Crippen LogP contribution is 2.23. The average molecular weight is 275 g/mol. The van der Waals surface area contributed by atoms with E-state index in [1.54, 1.807) is 7.11 Å². The third kappa shape index (κ3) is 4.16. The van der Waals surface area contributed by atoms with E-state index in [4.69, 9.17) is 14.6 Å². The van der Waals surface area contributed by atoms with Gasteiger partial charge in [0.15, 0.2) is 0 Å². The molecular weight excluding hydrogens is 254 g/mol. The maximum absolute atomic E-state index is 8.81. The molecule has 4 heteroatoms. The molecule has 0 saturated carbocycles. The quantitative estimate of drug-likeness (QED) is 0.827. The van der Waals surface area contributed by atoms with Crippen LogP contribution in [0.2, 0.25) is 0 Å². The van der Waals surface area contributed by atoms with Crippen LogP contribution >= 0.6 is 0 Å². The van der Waals surface area contributed by atoms with Crippen molar-refractivity contribution in [1.82, 2.24) is 4.90 Å². The smallest absolute Gasteiger partial charge is 0.135 e. The van der Waals surface area contributed by atoms with E-state index in [1.165, 1.54) is 25.9 Å². The van der Waals surface area contributed by atoms with Crippen molar-refractivity contribution in [3.05, 3.63) is 23.8 Å². The minimum absolute atomic E-state index is 0.162. The Kier molecular flexibility index (Phi) is 5.72. The number of likely N-dealkylation sites (tertiary alicyclic amines) is 1. The molecule has 108 valence electrons. The van der Waals surface area contributed by atoms with E-state index in [0.717, 1.165) is 23.6 Å². The molecule has 0 amide bonds. The summed E-state index contributed by atoms with van der Waals surface area (Å²) in [6.45, 7) is 3.77. The second-order valence-corrected chi connectivity index (χ2v) is 4.72. The Bertz CT molecular complexity index is 484. The van der Waals surface area contributed by atoms with Crippen molar-refractivity contribution in [1.29, 1.82) is 0 Å². The Labute approximate surface area is 120 Å². The Morgan fingerprint density at radius 2 is 2.10 bits per heavy atom. The van der Waals surface area contributed by atoms with Gasteiger partial charge < -0.3 is 14.6 Å². The minimum Gasteiger partial charge on any atom is -0.497 e. The molecular formula is C16H21NO3. The molecule has 0 unspecified atom stereocenters. The number of ether oxygens (including phenoxy) is 2. The van der Waals surface area contributed by atoms with Crippen LogP contribution in [-0.2, 0) is 0 Å². The van der Waals surface area contributed by atoms with Gasteiger partial charge in [0, 0.05) is 6.54 Å². The van der Waals surface area contributed by atoms with Gasteiger partial charge in [0.2, 0.25) is 0 Å². The first-order chi connectivity index (χ1) is 9.83. The number of aliphatic hydroxyl groups is 1. The van der Waals surface area contributed by atoms with Crippen molar-refractivity contribution in [2.24, 2.45) is 0 Å². The number of aliphatic hydroxyl groups excluding tert-OH is 1. The van der Waals surface area contributed by atoms with Gasteiger partial charge in [0.05, 0.1) is 12.7 Å². The average Bonchev–Trinajstić information content (AvgIpc) is 2.99. The fourth-order valence-corrected chi connectivity index (χ4v) is 2.29. The first kappa shape index (κ1) is 14.7. The van der Waals surface area contributed by atoms with Crippen LogP contribution in [-0.4, -0.2) is 50.0 Å². The van der Waals surface area contributed by atoms with E-state index in [9.17, 15) is 0 Å². The van der Waals surface area contributed by atoms with Crippen molar-refractivity contribution < 1.29 is 14.6 Å². The van der Waals surface area contributed by atoms with Gasteiger partial charge in [-0.15, -0.1) is 0 Å². The predicted octanol–water partition coefficient (Wildman–Crippen LogP) is 1.51. The van der Waals surface area contributed by atoms with Crippen molar-refractivity contribution >= 4 is 0 Å². The Hall–Kier alpha value is -1.70. The Morgan fingerprint density at radius 3 is 2.80 bits per heavy atom. The molecule has 0 aliphatic carbocycles. The second-order valence-electron chi connectivity index (χ2n) is 4.72. The van der Waals surface area contributed by atoms with Crippen LogP contribution in [0.5, 0.6) is 11.5 Å². The van der Waals surface area contributed by atoms with Gasteiger partial charge in [-0.1, -0.05) is 11.8 Å². The van der Waals surface area contributed by atoms with E-state index in [1.807, 2.05) is 18.2 Å². The Balaban J connectivity index is 1.97. The molecule has 0 atom stereocenters. The van der Waals surface area contributed by atoms with Crippen molar-refractivity contribution in [2.45, 2.75) is 12.8 Å². The van der Waals surface area contributed by atoms with Crippen molar-refractivity contribution in [3.8, 4) is 23.3 Å². The number of nitrogens with zero attached hydrogens (tertiary/aromatic N) is 1. The lowest BCUT2D eigenvalue weighted by atomic mass is 10.2. The summed E-state index contributed by atoms with van der Waals surface area (Å²) >= 11 is 0. The number of methoxy groups -OCH3 is 1. The first-order valence-electron chi connectivity index (χ1n) is 6.96. The largest absolute Gasteiger partial charge is 0.497 e. The van der Waals surface area contributed by atoms with Crippen LogP contribution in [0.1, 0.15) is 18.4 Å². The number of benzene rings is 1. The monoisotopic (exact) mass is 275 g/mol. The summed E-state index contributed by atoms with van der Waals surface area (Å²) < 4.78 is 11.0. The highest BCUT2D eigenvalue weighted by molar-refractivity contribution is 5.50. The summed E-state index contributed by atoms with van der Waals surface area (Å²) in [5, 5.41) is 8.81. The fraction of sp³-hybridized carbons (Fsp3) is 0.500. The molecule has 4 nitrogen and oxygen atoms in total. The molecule has 0 radical (unpaired) electrons.